The third kappa shape index (κ3) is 1.48. The first-order chi connectivity index (χ1) is 7.13. The van der Waals surface area contributed by atoms with E-state index < -0.39 is 0 Å². The topological polar surface area (TPSA) is 34.0 Å². The standard InChI is InChI=1S/C11H11FN2O/c1-13-11(15)10-6-7-5-8(12)3-4-9(7)14(10)2/h3-6H,1-2H3,(H,13,15). The van der Waals surface area contributed by atoms with Gasteiger partial charge in [0.2, 0.25) is 0 Å². The molecule has 1 heterocycles. The summed E-state index contributed by atoms with van der Waals surface area (Å²) in [6.07, 6.45) is 0. The quantitative estimate of drug-likeness (QED) is 0.756. The van der Waals surface area contributed by atoms with Crippen LogP contribution in [0.25, 0.3) is 10.9 Å². The lowest BCUT2D eigenvalue weighted by Gasteiger charge is -2.01. The summed E-state index contributed by atoms with van der Waals surface area (Å²) in [5.41, 5.74) is 1.37. The van der Waals surface area contributed by atoms with Gasteiger partial charge in [-0.05, 0) is 24.3 Å². The number of hydrogen-bond acceptors (Lipinski definition) is 1. The molecule has 0 aliphatic carbocycles. The number of benzene rings is 1. The Hall–Kier alpha value is -1.84. The second-order valence-corrected chi connectivity index (χ2v) is 3.37. The van der Waals surface area contributed by atoms with Crippen LogP contribution in [0.2, 0.25) is 0 Å². The van der Waals surface area contributed by atoms with E-state index in [9.17, 15) is 9.18 Å². The molecule has 0 unspecified atom stereocenters. The van der Waals surface area contributed by atoms with Gasteiger partial charge in [-0.2, -0.15) is 0 Å². The molecule has 0 radical (unpaired) electrons. The summed E-state index contributed by atoms with van der Waals surface area (Å²) in [6.45, 7) is 0. The second kappa shape index (κ2) is 3.38. The van der Waals surface area contributed by atoms with Gasteiger partial charge < -0.3 is 9.88 Å². The zero-order valence-electron chi connectivity index (χ0n) is 8.54. The molecule has 0 saturated carbocycles. The van der Waals surface area contributed by atoms with Gasteiger partial charge in [-0.1, -0.05) is 0 Å². The van der Waals surface area contributed by atoms with Gasteiger partial charge in [0.25, 0.3) is 5.91 Å². The van der Waals surface area contributed by atoms with E-state index in [1.54, 1.807) is 30.8 Å². The van der Waals surface area contributed by atoms with Gasteiger partial charge in [0.1, 0.15) is 11.5 Å². The van der Waals surface area contributed by atoms with Crippen LogP contribution in [0.15, 0.2) is 24.3 Å². The molecular weight excluding hydrogens is 195 g/mol. The number of carbonyl (C=O) groups is 1. The smallest absolute Gasteiger partial charge is 0.267 e. The summed E-state index contributed by atoms with van der Waals surface area (Å²) >= 11 is 0. The average Bonchev–Trinajstić information content (AvgIpc) is 2.54. The van der Waals surface area contributed by atoms with Gasteiger partial charge >= 0.3 is 0 Å². The monoisotopic (exact) mass is 206 g/mol. The fraction of sp³-hybridized carbons (Fsp3) is 0.182. The predicted molar refractivity (Wildman–Crippen MR) is 56.3 cm³/mol. The summed E-state index contributed by atoms with van der Waals surface area (Å²) < 4.78 is 14.7. The zero-order valence-corrected chi connectivity index (χ0v) is 8.54. The molecular formula is C11H11FN2O. The van der Waals surface area contributed by atoms with Gasteiger partial charge in [0, 0.05) is 25.0 Å². The van der Waals surface area contributed by atoms with E-state index in [4.69, 9.17) is 0 Å². The van der Waals surface area contributed by atoms with Crippen molar-refractivity contribution in [1.82, 2.24) is 9.88 Å². The fourth-order valence-electron chi connectivity index (χ4n) is 1.67. The summed E-state index contributed by atoms with van der Waals surface area (Å²) in [5.74, 6) is -0.467. The van der Waals surface area contributed by atoms with Crippen LogP contribution in [0.3, 0.4) is 0 Å². The number of aryl methyl sites for hydroxylation is 1. The Kier molecular flexibility index (Phi) is 2.19. The minimum absolute atomic E-state index is 0.172. The summed E-state index contributed by atoms with van der Waals surface area (Å²) in [6, 6.07) is 6.14. The van der Waals surface area contributed by atoms with Crippen LogP contribution < -0.4 is 5.32 Å². The molecule has 0 spiro atoms. The molecule has 1 aromatic heterocycles. The maximum atomic E-state index is 13.0. The van der Waals surface area contributed by atoms with Gasteiger partial charge in [0.05, 0.1) is 0 Å². The molecule has 0 aliphatic rings. The molecule has 3 nitrogen and oxygen atoms in total. The van der Waals surface area contributed by atoms with E-state index in [-0.39, 0.29) is 11.7 Å². The lowest BCUT2D eigenvalue weighted by molar-refractivity contribution is 0.0955. The second-order valence-electron chi connectivity index (χ2n) is 3.37. The number of nitrogens with one attached hydrogen (secondary N) is 1. The first-order valence-corrected chi connectivity index (χ1v) is 4.60. The minimum atomic E-state index is -0.295. The molecule has 0 fully saturated rings. The third-order valence-corrected chi connectivity index (χ3v) is 2.46. The van der Waals surface area contributed by atoms with Crippen molar-refractivity contribution >= 4 is 16.8 Å². The predicted octanol–water partition coefficient (Wildman–Crippen LogP) is 1.68. The number of fused-ring (bicyclic) bond motifs is 1. The van der Waals surface area contributed by atoms with Crippen LogP contribution >= 0.6 is 0 Å². The number of carbonyl (C=O) groups excluding carboxylic acids is 1. The largest absolute Gasteiger partial charge is 0.354 e. The highest BCUT2D eigenvalue weighted by molar-refractivity contribution is 5.98. The lowest BCUT2D eigenvalue weighted by Crippen LogP contribution is -2.20. The fourth-order valence-corrected chi connectivity index (χ4v) is 1.67. The molecule has 0 aliphatic heterocycles. The minimum Gasteiger partial charge on any atom is -0.354 e. The van der Waals surface area contributed by atoms with Crippen LogP contribution in [-0.4, -0.2) is 17.5 Å². The number of amides is 1. The molecule has 1 N–H and O–H groups in total. The van der Waals surface area contributed by atoms with E-state index in [0.29, 0.717) is 5.69 Å². The molecule has 1 amide bonds. The molecule has 1 aromatic carbocycles. The van der Waals surface area contributed by atoms with E-state index in [2.05, 4.69) is 5.32 Å². The van der Waals surface area contributed by atoms with E-state index in [0.717, 1.165) is 10.9 Å². The first kappa shape index (κ1) is 9.71. The van der Waals surface area contributed by atoms with Gasteiger partial charge in [-0.15, -0.1) is 0 Å². The van der Waals surface area contributed by atoms with Gasteiger partial charge in [0.15, 0.2) is 0 Å². The van der Waals surface area contributed by atoms with E-state index in [1.807, 2.05) is 0 Å². The van der Waals surface area contributed by atoms with Gasteiger partial charge in [-0.3, -0.25) is 4.79 Å². The van der Waals surface area contributed by atoms with Crippen LogP contribution in [0, 0.1) is 5.82 Å². The Balaban J connectivity index is 2.69. The van der Waals surface area contributed by atoms with Crippen molar-refractivity contribution in [3.05, 3.63) is 35.8 Å². The van der Waals surface area contributed by atoms with Crippen LogP contribution in [0.1, 0.15) is 10.5 Å². The van der Waals surface area contributed by atoms with Gasteiger partial charge in [-0.25, -0.2) is 4.39 Å². The number of aromatic nitrogens is 1. The third-order valence-electron chi connectivity index (χ3n) is 2.46. The Morgan fingerprint density at radius 1 is 1.40 bits per heavy atom. The SMILES string of the molecule is CNC(=O)c1cc2cc(F)ccc2n1C. The van der Waals surface area contributed by atoms with Crippen molar-refractivity contribution in [3.8, 4) is 0 Å². The number of halogens is 1. The zero-order chi connectivity index (χ0) is 11.0. The molecule has 0 bridgehead atoms. The number of hydrogen-bond donors (Lipinski definition) is 1. The lowest BCUT2D eigenvalue weighted by atomic mass is 10.2. The van der Waals surface area contributed by atoms with Crippen molar-refractivity contribution in [1.29, 1.82) is 0 Å². The number of rotatable bonds is 1. The van der Waals surface area contributed by atoms with Crippen molar-refractivity contribution in [2.45, 2.75) is 0 Å². The maximum Gasteiger partial charge on any atom is 0.267 e. The molecule has 4 heteroatoms. The normalized spacial score (nSPS) is 10.6. The summed E-state index contributed by atoms with van der Waals surface area (Å²) in [5, 5.41) is 3.28. The summed E-state index contributed by atoms with van der Waals surface area (Å²) in [7, 11) is 3.35. The van der Waals surface area contributed by atoms with Crippen LogP contribution in [0.4, 0.5) is 4.39 Å². The van der Waals surface area contributed by atoms with E-state index in [1.165, 1.54) is 12.1 Å². The Labute approximate surface area is 86.5 Å². The summed E-state index contributed by atoms with van der Waals surface area (Å²) in [4.78, 5) is 11.5. The van der Waals surface area contributed by atoms with E-state index >= 15 is 0 Å². The molecule has 15 heavy (non-hydrogen) atoms. The highest BCUT2D eigenvalue weighted by Crippen LogP contribution is 2.19. The highest BCUT2D eigenvalue weighted by Gasteiger charge is 2.11. The van der Waals surface area contributed by atoms with Crippen molar-refractivity contribution in [2.24, 2.45) is 7.05 Å². The molecule has 0 atom stereocenters. The Morgan fingerprint density at radius 2 is 2.13 bits per heavy atom. The molecule has 2 aromatic rings. The first-order valence-electron chi connectivity index (χ1n) is 4.60. The molecule has 0 saturated heterocycles. The number of nitrogens with zero attached hydrogens (tertiary/aromatic N) is 1. The van der Waals surface area contributed by atoms with Crippen molar-refractivity contribution < 1.29 is 9.18 Å². The van der Waals surface area contributed by atoms with Crippen LogP contribution in [-0.2, 0) is 7.05 Å². The van der Waals surface area contributed by atoms with Crippen LogP contribution in [0.5, 0.6) is 0 Å². The Morgan fingerprint density at radius 3 is 2.80 bits per heavy atom. The Bertz CT molecular complexity index is 531. The molecule has 78 valence electrons. The highest BCUT2D eigenvalue weighted by atomic mass is 19.1. The molecule has 2 rings (SSSR count). The van der Waals surface area contributed by atoms with Crippen molar-refractivity contribution in [2.75, 3.05) is 7.05 Å². The average molecular weight is 206 g/mol. The van der Waals surface area contributed by atoms with Crippen molar-refractivity contribution in [3.63, 3.8) is 0 Å². The maximum absolute atomic E-state index is 13.0.